The van der Waals surface area contributed by atoms with E-state index in [1.54, 1.807) is 18.2 Å². The minimum atomic E-state index is -3.79. The number of benzene rings is 2. The highest BCUT2D eigenvalue weighted by Gasteiger charge is 2.18. The second-order valence-electron chi connectivity index (χ2n) is 5.40. The van der Waals surface area contributed by atoms with Gasteiger partial charge in [-0.3, -0.25) is 9.52 Å². The largest absolute Gasteiger partial charge is 0.349 e. The van der Waals surface area contributed by atoms with E-state index in [2.05, 4.69) is 16.6 Å². The molecule has 0 bridgehead atoms. The summed E-state index contributed by atoms with van der Waals surface area (Å²) >= 11 is 0. The van der Waals surface area contributed by atoms with Crippen molar-refractivity contribution in [2.24, 2.45) is 0 Å². The third-order valence-electron chi connectivity index (χ3n) is 3.53. The monoisotopic (exact) mass is 344 g/mol. The van der Waals surface area contributed by atoms with Crippen molar-refractivity contribution in [2.45, 2.75) is 18.7 Å². The number of sulfonamides is 1. The third-order valence-corrected chi connectivity index (χ3v) is 4.88. The zero-order valence-electron chi connectivity index (χ0n) is 13.7. The molecule has 0 radical (unpaired) electrons. The summed E-state index contributed by atoms with van der Waals surface area (Å²) in [5, 5.41) is 2.62. The second kappa shape index (κ2) is 7.31. The average Bonchev–Trinajstić information content (AvgIpc) is 2.56. The molecule has 0 aliphatic carbocycles. The van der Waals surface area contributed by atoms with Gasteiger partial charge in [0.25, 0.3) is 15.9 Å². The maximum atomic E-state index is 12.6. The van der Waals surface area contributed by atoms with Gasteiger partial charge in [-0.2, -0.15) is 0 Å². The normalized spacial score (nSPS) is 10.9. The molecular weight excluding hydrogens is 324 g/mol. The van der Waals surface area contributed by atoms with E-state index in [0.717, 1.165) is 11.1 Å². The highest BCUT2D eigenvalue weighted by molar-refractivity contribution is 7.92. The molecule has 0 spiro atoms. The van der Waals surface area contributed by atoms with Crippen LogP contribution in [0.3, 0.4) is 0 Å². The van der Waals surface area contributed by atoms with Crippen LogP contribution >= 0.6 is 0 Å². The van der Waals surface area contributed by atoms with E-state index < -0.39 is 10.0 Å². The highest BCUT2D eigenvalue weighted by atomic mass is 32.2. The number of amides is 1. The predicted octanol–water partition coefficient (Wildman–Crippen LogP) is 3.02. The van der Waals surface area contributed by atoms with Crippen molar-refractivity contribution in [1.29, 1.82) is 0 Å². The summed E-state index contributed by atoms with van der Waals surface area (Å²) in [6.07, 6.45) is 1.56. The van der Waals surface area contributed by atoms with Gasteiger partial charge in [0.05, 0.1) is 10.6 Å². The van der Waals surface area contributed by atoms with Gasteiger partial charge in [-0.15, -0.1) is 6.58 Å². The average molecular weight is 344 g/mol. The molecule has 0 saturated heterocycles. The number of nitrogens with one attached hydrogen (secondary N) is 2. The SMILES string of the molecule is C=CCNC(=O)c1cccc(S(=O)(=O)Nc2c(C)cccc2C)c1. The van der Waals surface area contributed by atoms with Crippen molar-refractivity contribution in [3.05, 3.63) is 71.8 Å². The van der Waals surface area contributed by atoms with Crippen molar-refractivity contribution in [3.63, 3.8) is 0 Å². The first kappa shape index (κ1) is 17.7. The van der Waals surface area contributed by atoms with E-state index in [1.165, 1.54) is 12.1 Å². The number of rotatable bonds is 6. The van der Waals surface area contributed by atoms with Crippen molar-refractivity contribution in [3.8, 4) is 0 Å². The Hall–Kier alpha value is -2.60. The van der Waals surface area contributed by atoms with E-state index in [9.17, 15) is 13.2 Å². The second-order valence-corrected chi connectivity index (χ2v) is 7.08. The van der Waals surface area contributed by atoms with Crippen LogP contribution in [0.2, 0.25) is 0 Å². The van der Waals surface area contributed by atoms with Gasteiger partial charge in [0.15, 0.2) is 0 Å². The lowest BCUT2D eigenvalue weighted by Gasteiger charge is -2.13. The van der Waals surface area contributed by atoms with Crippen LogP contribution < -0.4 is 10.0 Å². The van der Waals surface area contributed by atoms with Gasteiger partial charge < -0.3 is 5.32 Å². The maximum absolute atomic E-state index is 12.6. The predicted molar refractivity (Wildman–Crippen MR) is 95.7 cm³/mol. The number of carbonyl (C=O) groups is 1. The zero-order chi connectivity index (χ0) is 17.7. The zero-order valence-corrected chi connectivity index (χ0v) is 14.5. The minimum Gasteiger partial charge on any atom is -0.349 e. The van der Waals surface area contributed by atoms with Gasteiger partial charge in [0, 0.05) is 12.1 Å². The molecule has 2 aromatic rings. The van der Waals surface area contributed by atoms with Crippen LogP contribution in [0, 0.1) is 13.8 Å². The van der Waals surface area contributed by atoms with Crippen molar-refractivity contribution >= 4 is 21.6 Å². The molecule has 0 unspecified atom stereocenters. The van der Waals surface area contributed by atoms with E-state index >= 15 is 0 Å². The fraction of sp³-hybridized carbons (Fsp3) is 0.167. The maximum Gasteiger partial charge on any atom is 0.261 e. The summed E-state index contributed by atoms with van der Waals surface area (Å²) in [4.78, 5) is 12.0. The number of carbonyl (C=O) groups excluding carboxylic acids is 1. The molecule has 1 amide bonds. The third kappa shape index (κ3) is 4.02. The standard InChI is InChI=1S/C18H20N2O3S/c1-4-11-19-18(21)15-9-6-10-16(12-15)24(22,23)20-17-13(2)7-5-8-14(17)3/h4-10,12,20H,1,11H2,2-3H3,(H,19,21). The summed E-state index contributed by atoms with van der Waals surface area (Å²) < 4.78 is 27.9. The van der Waals surface area contributed by atoms with E-state index in [0.29, 0.717) is 12.2 Å². The Morgan fingerprint density at radius 3 is 2.38 bits per heavy atom. The molecule has 126 valence electrons. The number of hydrogen-bond acceptors (Lipinski definition) is 3. The molecule has 0 aliphatic heterocycles. The van der Waals surface area contributed by atoms with Gasteiger partial charge in [-0.1, -0.05) is 30.3 Å². The van der Waals surface area contributed by atoms with Crippen LogP contribution in [-0.4, -0.2) is 20.9 Å². The van der Waals surface area contributed by atoms with Crippen LogP contribution in [0.4, 0.5) is 5.69 Å². The fourth-order valence-electron chi connectivity index (χ4n) is 2.24. The van der Waals surface area contributed by atoms with Crippen molar-refractivity contribution in [2.75, 3.05) is 11.3 Å². The molecule has 5 nitrogen and oxygen atoms in total. The lowest BCUT2D eigenvalue weighted by atomic mass is 10.1. The molecule has 2 aromatic carbocycles. The minimum absolute atomic E-state index is 0.0383. The van der Waals surface area contributed by atoms with Crippen molar-refractivity contribution in [1.82, 2.24) is 5.32 Å². The molecule has 2 rings (SSSR count). The van der Waals surface area contributed by atoms with Crippen LogP contribution in [-0.2, 0) is 10.0 Å². The molecule has 0 aliphatic rings. The van der Waals surface area contributed by atoms with Gasteiger partial charge in [-0.05, 0) is 43.2 Å². The van der Waals surface area contributed by atoms with Gasteiger partial charge in [0.2, 0.25) is 0 Å². The molecule has 0 saturated carbocycles. The van der Waals surface area contributed by atoms with Gasteiger partial charge in [0.1, 0.15) is 0 Å². The first-order valence-electron chi connectivity index (χ1n) is 7.43. The summed E-state index contributed by atoms with van der Waals surface area (Å²) in [6.45, 7) is 7.52. The molecule has 0 atom stereocenters. The summed E-state index contributed by atoms with van der Waals surface area (Å²) in [5.74, 6) is -0.348. The first-order valence-corrected chi connectivity index (χ1v) is 8.91. The van der Waals surface area contributed by atoms with Crippen LogP contribution in [0.15, 0.2) is 60.0 Å². The quantitative estimate of drug-likeness (QED) is 0.791. The molecule has 6 heteroatoms. The summed E-state index contributed by atoms with van der Waals surface area (Å²) in [7, 11) is -3.79. The lowest BCUT2D eigenvalue weighted by Crippen LogP contribution is -2.23. The molecule has 0 aromatic heterocycles. The number of hydrogen-bond donors (Lipinski definition) is 2. The lowest BCUT2D eigenvalue weighted by molar-refractivity contribution is 0.0958. The topological polar surface area (TPSA) is 75.3 Å². The molecule has 24 heavy (non-hydrogen) atoms. The molecule has 0 heterocycles. The number of para-hydroxylation sites is 1. The van der Waals surface area contributed by atoms with Gasteiger partial charge >= 0.3 is 0 Å². The van der Waals surface area contributed by atoms with Crippen LogP contribution in [0.5, 0.6) is 0 Å². The first-order chi connectivity index (χ1) is 11.3. The highest BCUT2D eigenvalue weighted by Crippen LogP contribution is 2.23. The van der Waals surface area contributed by atoms with Crippen molar-refractivity contribution < 1.29 is 13.2 Å². The number of anilines is 1. The smallest absolute Gasteiger partial charge is 0.261 e. The molecular formula is C18H20N2O3S. The number of aryl methyl sites for hydroxylation is 2. The fourth-order valence-corrected chi connectivity index (χ4v) is 3.49. The Morgan fingerprint density at radius 1 is 1.12 bits per heavy atom. The Labute approximate surface area is 142 Å². The molecule has 2 N–H and O–H groups in total. The van der Waals surface area contributed by atoms with Crippen LogP contribution in [0.1, 0.15) is 21.5 Å². The van der Waals surface area contributed by atoms with E-state index in [1.807, 2.05) is 32.0 Å². The Morgan fingerprint density at radius 2 is 1.75 bits per heavy atom. The van der Waals surface area contributed by atoms with Crippen LogP contribution in [0.25, 0.3) is 0 Å². The molecule has 0 fully saturated rings. The Bertz CT molecular complexity index is 853. The summed E-state index contributed by atoms with van der Waals surface area (Å²) in [5.41, 5.74) is 2.50. The summed E-state index contributed by atoms with van der Waals surface area (Å²) in [6, 6.07) is 11.5. The Kier molecular flexibility index (Phi) is 5.41. The van der Waals surface area contributed by atoms with E-state index in [-0.39, 0.29) is 16.4 Å². The van der Waals surface area contributed by atoms with E-state index in [4.69, 9.17) is 0 Å². The Balaban J connectivity index is 2.33. The van der Waals surface area contributed by atoms with Gasteiger partial charge in [-0.25, -0.2) is 8.42 Å².